The van der Waals surface area contributed by atoms with Crippen LogP contribution in [0.5, 0.6) is 5.75 Å². The molecule has 0 bridgehead atoms. The summed E-state index contributed by atoms with van der Waals surface area (Å²) in [6, 6.07) is 14.3. The second kappa shape index (κ2) is 14.2. The average molecular weight is 453 g/mol. The number of anilines is 2. The van der Waals surface area contributed by atoms with Crippen molar-refractivity contribution in [1.29, 1.82) is 0 Å². The zero-order valence-electron chi connectivity index (χ0n) is 21.8. The molecule has 2 aromatic rings. The Hall–Kier alpha value is -2.16. The van der Waals surface area contributed by atoms with Gasteiger partial charge >= 0.3 is 0 Å². The first-order valence-electron chi connectivity index (χ1n) is 13.4. The smallest absolute Gasteiger partial charge is 0.119 e. The monoisotopic (exact) mass is 452 g/mol. The van der Waals surface area contributed by atoms with E-state index in [0.717, 1.165) is 35.0 Å². The van der Waals surface area contributed by atoms with Crippen LogP contribution in [0.3, 0.4) is 0 Å². The Bertz CT molecular complexity index is 765. The maximum atomic E-state index is 5.94. The number of ether oxygens (including phenoxy) is 1. The van der Waals surface area contributed by atoms with E-state index in [0.29, 0.717) is 18.0 Å². The van der Waals surface area contributed by atoms with Crippen LogP contribution in [0.2, 0.25) is 0 Å². The van der Waals surface area contributed by atoms with Crippen molar-refractivity contribution in [3.63, 3.8) is 0 Å². The molecule has 0 unspecified atom stereocenters. The molecule has 2 aliphatic rings. The molecule has 2 saturated carbocycles. The summed E-state index contributed by atoms with van der Waals surface area (Å²) < 4.78 is 5.94. The largest absolute Gasteiger partial charge is 0.489 e. The first-order valence-corrected chi connectivity index (χ1v) is 13.4. The van der Waals surface area contributed by atoms with Gasteiger partial charge in [0.1, 0.15) is 12.4 Å². The van der Waals surface area contributed by atoms with E-state index in [9.17, 15) is 0 Å². The summed E-state index contributed by atoms with van der Waals surface area (Å²) in [5.74, 6) is 4.56. The Labute approximate surface area is 203 Å². The molecule has 2 fully saturated rings. The van der Waals surface area contributed by atoms with Gasteiger partial charge in [0, 0.05) is 11.4 Å². The highest BCUT2D eigenvalue weighted by Gasteiger charge is 2.30. The summed E-state index contributed by atoms with van der Waals surface area (Å²) in [7, 11) is 0. The van der Waals surface area contributed by atoms with E-state index in [1.807, 2.05) is 39.8 Å². The Morgan fingerprint density at radius 1 is 0.697 bits per heavy atom. The van der Waals surface area contributed by atoms with E-state index in [1.54, 1.807) is 6.07 Å². The predicted molar refractivity (Wildman–Crippen MR) is 145 cm³/mol. The van der Waals surface area contributed by atoms with Crippen LogP contribution in [0.25, 0.3) is 0 Å². The third-order valence-electron chi connectivity index (χ3n) is 7.29. The summed E-state index contributed by atoms with van der Waals surface area (Å²) in [5, 5.41) is 0. The van der Waals surface area contributed by atoms with Gasteiger partial charge in [-0.15, -0.1) is 0 Å². The van der Waals surface area contributed by atoms with Gasteiger partial charge in [-0.2, -0.15) is 0 Å². The Balaban J connectivity index is 0.000000914. The lowest BCUT2D eigenvalue weighted by Gasteiger charge is -2.37. The average Bonchev–Trinajstić information content (AvgIpc) is 2.86. The first kappa shape index (κ1) is 27.1. The van der Waals surface area contributed by atoms with Crippen molar-refractivity contribution < 1.29 is 4.74 Å². The molecule has 0 spiro atoms. The van der Waals surface area contributed by atoms with Crippen LogP contribution < -0.4 is 16.2 Å². The molecule has 4 N–H and O–H groups in total. The zero-order valence-corrected chi connectivity index (χ0v) is 21.8. The fraction of sp³-hybridized carbons (Fsp3) is 0.600. The lowest BCUT2D eigenvalue weighted by atomic mass is 9.68. The van der Waals surface area contributed by atoms with Crippen molar-refractivity contribution in [3.05, 3.63) is 53.6 Å². The van der Waals surface area contributed by atoms with Crippen LogP contribution in [0.4, 0.5) is 11.4 Å². The standard InChI is InChI=1S/C26H36N2O.2C2H6/c1-18-2-4-20(5-3-18)21-6-8-22(9-7-21)23-10-12-26(13-11-23)29-17-19-14-24(27)16-25(28)15-19;2*1-2/h10-16,18,20-22H,2-9,17,27-28H2,1H3;2*1-2H3. The highest BCUT2D eigenvalue weighted by atomic mass is 16.5. The van der Waals surface area contributed by atoms with E-state index >= 15 is 0 Å². The van der Waals surface area contributed by atoms with Gasteiger partial charge in [-0.05, 0) is 104 Å². The summed E-state index contributed by atoms with van der Waals surface area (Å²) in [6.07, 6.45) is 11.4. The Morgan fingerprint density at radius 2 is 1.18 bits per heavy atom. The minimum Gasteiger partial charge on any atom is -0.489 e. The van der Waals surface area contributed by atoms with E-state index in [2.05, 4.69) is 31.2 Å². The summed E-state index contributed by atoms with van der Waals surface area (Å²) >= 11 is 0. The lowest BCUT2D eigenvalue weighted by Crippen LogP contribution is -2.24. The third kappa shape index (κ3) is 8.28. The van der Waals surface area contributed by atoms with Crippen molar-refractivity contribution in [2.75, 3.05) is 11.5 Å². The molecule has 3 heteroatoms. The van der Waals surface area contributed by atoms with Crippen LogP contribution >= 0.6 is 0 Å². The van der Waals surface area contributed by atoms with Gasteiger partial charge in [0.05, 0.1) is 0 Å². The molecule has 0 aromatic heterocycles. The molecule has 0 heterocycles. The minimum absolute atomic E-state index is 0.486. The molecule has 0 saturated heterocycles. The molecule has 2 aliphatic carbocycles. The molecular weight excluding hydrogens is 404 g/mol. The van der Waals surface area contributed by atoms with Gasteiger partial charge in [0.2, 0.25) is 0 Å². The third-order valence-corrected chi connectivity index (χ3v) is 7.29. The molecule has 0 aliphatic heterocycles. The van der Waals surface area contributed by atoms with Crippen molar-refractivity contribution in [2.24, 2.45) is 17.8 Å². The Kier molecular flexibility index (Phi) is 11.6. The molecule has 0 atom stereocenters. The first-order chi connectivity index (χ1) is 16.1. The van der Waals surface area contributed by atoms with Gasteiger partial charge in [-0.3, -0.25) is 0 Å². The van der Waals surface area contributed by atoms with Crippen LogP contribution in [-0.2, 0) is 6.61 Å². The molecule has 4 rings (SSSR count). The van der Waals surface area contributed by atoms with E-state index in [-0.39, 0.29) is 0 Å². The SMILES string of the molecule is CC.CC.CC1CCC(C2CCC(c3ccc(OCc4cc(N)cc(N)c4)cc3)CC2)CC1. The van der Waals surface area contributed by atoms with Gasteiger partial charge in [0.15, 0.2) is 0 Å². The van der Waals surface area contributed by atoms with Crippen molar-refractivity contribution in [2.45, 2.75) is 98.5 Å². The quantitative estimate of drug-likeness (QED) is 0.446. The normalized spacial score (nSPS) is 24.5. The van der Waals surface area contributed by atoms with E-state index in [4.69, 9.17) is 16.2 Å². The lowest BCUT2D eigenvalue weighted by molar-refractivity contribution is 0.165. The molecule has 33 heavy (non-hydrogen) atoms. The Morgan fingerprint density at radius 3 is 1.70 bits per heavy atom. The molecule has 184 valence electrons. The number of hydrogen-bond acceptors (Lipinski definition) is 3. The summed E-state index contributed by atoms with van der Waals surface area (Å²) in [5.41, 5.74) is 15.5. The number of nitrogen functional groups attached to an aromatic ring is 2. The van der Waals surface area contributed by atoms with Crippen LogP contribution in [0.15, 0.2) is 42.5 Å². The topological polar surface area (TPSA) is 61.3 Å². The fourth-order valence-corrected chi connectivity index (χ4v) is 5.51. The number of benzene rings is 2. The highest BCUT2D eigenvalue weighted by molar-refractivity contribution is 5.54. The van der Waals surface area contributed by atoms with Crippen LogP contribution in [0.1, 0.15) is 103 Å². The summed E-state index contributed by atoms with van der Waals surface area (Å²) in [6.45, 7) is 10.9. The van der Waals surface area contributed by atoms with E-state index < -0.39 is 0 Å². The molecule has 2 aromatic carbocycles. The van der Waals surface area contributed by atoms with Gasteiger partial charge in [-0.1, -0.05) is 59.6 Å². The van der Waals surface area contributed by atoms with Gasteiger partial charge in [-0.25, -0.2) is 0 Å². The van der Waals surface area contributed by atoms with Crippen LogP contribution in [0, 0.1) is 17.8 Å². The van der Waals surface area contributed by atoms with Crippen molar-refractivity contribution >= 4 is 11.4 Å². The summed E-state index contributed by atoms with van der Waals surface area (Å²) in [4.78, 5) is 0. The molecule has 0 amide bonds. The molecule has 3 nitrogen and oxygen atoms in total. The van der Waals surface area contributed by atoms with Crippen molar-refractivity contribution in [3.8, 4) is 5.75 Å². The second-order valence-electron chi connectivity index (χ2n) is 9.50. The predicted octanol–water partition coefficient (Wildman–Crippen LogP) is 8.58. The number of nitrogens with two attached hydrogens (primary N) is 2. The van der Waals surface area contributed by atoms with Crippen molar-refractivity contribution in [1.82, 2.24) is 0 Å². The minimum atomic E-state index is 0.486. The highest BCUT2D eigenvalue weighted by Crippen LogP contribution is 2.43. The second-order valence-corrected chi connectivity index (χ2v) is 9.50. The zero-order chi connectivity index (χ0) is 24.2. The maximum Gasteiger partial charge on any atom is 0.119 e. The number of rotatable bonds is 5. The van der Waals surface area contributed by atoms with E-state index in [1.165, 1.54) is 56.9 Å². The van der Waals surface area contributed by atoms with Crippen LogP contribution in [-0.4, -0.2) is 0 Å². The maximum absolute atomic E-state index is 5.94. The fourth-order valence-electron chi connectivity index (χ4n) is 5.51. The molecule has 0 radical (unpaired) electrons. The number of hydrogen-bond donors (Lipinski definition) is 2. The van der Waals surface area contributed by atoms with Gasteiger partial charge in [0.25, 0.3) is 0 Å². The van der Waals surface area contributed by atoms with Gasteiger partial charge < -0.3 is 16.2 Å². The molecular formula is C30H48N2O.